The SMILES string of the molecule is C=CCn1c(SCC(=O)Nc2nccs2)nnc1-c1csc(C)c1-c1ccccc1. The van der Waals surface area contributed by atoms with Crippen LogP contribution in [0, 0.1) is 6.92 Å². The molecule has 0 atom stereocenters. The first-order chi connectivity index (χ1) is 14.7. The molecule has 1 N–H and O–H groups in total. The first-order valence-electron chi connectivity index (χ1n) is 9.17. The standard InChI is InChI=1S/C21H19N5OS3/c1-3-10-26-19(16-12-29-14(2)18(16)15-7-5-4-6-8-15)24-25-21(26)30-13-17(27)23-20-22-9-11-28-20/h3-9,11-12H,1,10,13H2,2H3,(H,22,23,27). The molecular formula is C21H19N5OS3. The summed E-state index contributed by atoms with van der Waals surface area (Å²) in [7, 11) is 0. The lowest BCUT2D eigenvalue weighted by atomic mass is 10.0. The molecule has 0 saturated carbocycles. The molecule has 0 aliphatic rings. The van der Waals surface area contributed by atoms with Gasteiger partial charge in [-0.15, -0.1) is 39.4 Å². The Balaban J connectivity index is 1.61. The Morgan fingerprint density at radius 2 is 2.10 bits per heavy atom. The van der Waals surface area contributed by atoms with E-state index in [-0.39, 0.29) is 11.7 Å². The van der Waals surface area contributed by atoms with Crippen LogP contribution in [0.4, 0.5) is 5.13 Å². The molecule has 152 valence electrons. The summed E-state index contributed by atoms with van der Waals surface area (Å²) in [4.78, 5) is 17.5. The molecule has 6 nitrogen and oxygen atoms in total. The first kappa shape index (κ1) is 20.5. The van der Waals surface area contributed by atoms with Crippen LogP contribution in [0.25, 0.3) is 22.5 Å². The van der Waals surface area contributed by atoms with Gasteiger partial charge in [0.15, 0.2) is 16.1 Å². The lowest BCUT2D eigenvalue weighted by molar-refractivity contribution is -0.113. The van der Waals surface area contributed by atoms with Crippen molar-refractivity contribution in [2.75, 3.05) is 11.1 Å². The molecule has 0 aliphatic heterocycles. The predicted molar refractivity (Wildman–Crippen MR) is 125 cm³/mol. The van der Waals surface area contributed by atoms with Crippen molar-refractivity contribution in [3.63, 3.8) is 0 Å². The van der Waals surface area contributed by atoms with E-state index < -0.39 is 0 Å². The van der Waals surface area contributed by atoms with Crippen LogP contribution in [-0.4, -0.2) is 31.4 Å². The maximum Gasteiger partial charge on any atom is 0.236 e. The normalized spacial score (nSPS) is 10.8. The highest BCUT2D eigenvalue weighted by molar-refractivity contribution is 7.99. The summed E-state index contributed by atoms with van der Waals surface area (Å²) in [6.07, 6.45) is 3.47. The Hall–Kier alpha value is -2.75. The van der Waals surface area contributed by atoms with Crippen molar-refractivity contribution in [3.8, 4) is 22.5 Å². The largest absolute Gasteiger partial charge is 0.301 e. The minimum Gasteiger partial charge on any atom is -0.301 e. The zero-order valence-electron chi connectivity index (χ0n) is 16.2. The summed E-state index contributed by atoms with van der Waals surface area (Å²) in [6.45, 7) is 6.55. The number of carbonyl (C=O) groups excluding carboxylic acids is 1. The van der Waals surface area contributed by atoms with Gasteiger partial charge in [-0.3, -0.25) is 9.36 Å². The first-order valence-corrected chi connectivity index (χ1v) is 11.9. The van der Waals surface area contributed by atoms with Gasteiger partial charge < -0.3 is 5.32 Å². The van der Waals surface area contributed by atoms with Gasteiger partial charge in [0.2, 0.25) is 5.91 Å². The number of thioether (sulfide) groups is 1. The van der Waals surface area contributed by atoms with Crippen molar-refractivity contribution in [1.82, 2.24) is 19.7 Å². The van der Waals surface area contributed by atoms with E-state index in [1.807, 2.05) is 34.2 Å². The van der Waals surface area contributed by atoms with E-state index >= 15 is 0 Å². The van der Waals surface area contributed by atoms with E-state index in [0.29, 0.717) is 16.8 Å². The summed E-state index contributed by atoms with van der Waals surface area (Å²) < 4.78 is 2.00. The van der Waals surface area contributed by atoms with Crippen molar-refractivity contribution in [1.29, 1.82) is 0 Å². The number of carbonyl (C=O) groups is 1. The van der Waals surface area contributed by atoms with Crippen molar-refractivity contribution in [2.24, 2.45) is 0 Å². The number of nitrogens with one attached hydrogen (secondary N) is 1. The second kappa shape index (κ2) is 9.38. The van der Waals surface area contributed by atoms with Crippen molar-refractivity contribution >= 4 is 45.5 Å². The Bertz CT molecular complexity index is 1150. The Labute approximate surface area is 186 Å². The molecule has 3 heterocycles. The van der Waals surface area contributed by atoms with Gasteiger partial charge in [-0.2, -0.15) is 0 Å². The average Bonchev–Trinajstić information content (AvgIpc) is 3.48. The van der Waals surface area contributed by atoms with E-state index in [0.717, 1.165) is 22.5 Å². The van der Waals surface area contributed by atoms with E-state index in [1.165, 1.54) is 28.0 Å². The number of anilines is 1. The number of aromatic nitrogens is 4. The molecule has 0 spiro atoms. The molecule has 9 heteroatoms. The molecule has 0 aliphatic carbocycles. The van der Waals surface area contributed by atoms with Gasteiger partial charge in [-0.1, -0.05) is 48.2 Å². The van der Waals surface area contributed by atoms with Gasteiger partial charge >= 0.3 is 0 Å². The van der Waals surface area contributed by atoms with Gasteiger partial charge in [0, 0.05) is 39.5 Å². The van der Waals surface area contributed by atoms with Crippen LogP contribution in [-0.2, 0) is 11.3 Å². The van der Waals surface area contributed by atoms with Gasteiger partial charge in [0.25, 0.3) is 0 Å². The number of aryl methyl sites for hydroxylation is 1. The highest BCUT2D eigenvalue weighted by Crippen LogP contribution is 2.39. The number of thiazole rings is 1. The summed E-state index contributed by atoms with van der Waals surface area (Å²) in [5.41, 5.74) is 3.35. The fraction of sp³-hybridized carbons (Fsp3) is 0.143. The molecule has 0 radical (unpaired) electrons. The van der Waals surface area contributed by atoms with Crippen LogP contribution >= 0.6 is 34.4 Å². The number of allylic oxidation sites excluding steroid dienone is 1. The maximum atomic E-state index is 12.2. The molecule has 3 aromatic heterocycles. The number of thiophene rings is 1. The predicted octanol–water partition coefficient (Wildman–Crippen LogP) is 5.36. The Kier molecular flexibility index (Phi) is 6.41. The second-order valence-electron chi connectivity index (χ2n) is 6.33. The lowest BCUT2D eigenvalue weighted by Crippen LogP contribution is -2.14. The molecule has 0 bridgehead atoms. The summed E-state index contributed by atoms with van der Waals surface area (Å²) >= 11 is 4.43. The average molecular weight is 454 g/mol. The molecule has 1 amide bonds. The highest BCUT2D eigenvalue weighted by atomic mass is 32.2. The lowest BCUT2D eigenvalue weighted by Gasteiger charge is -2.09. The zero-order chi connectivity index (χ0) is 20.9. The van der Waals surface area contributed by atoms with Gasteiger partial charge in [-0.05, 0) is 12.5 Å². The van der Waals surface area contributed by atoms with E-state index in [4.69, 9.17) is 0 Å². The second-order valence-corrected chi connectivity index (χ2v) is 9.25. The molecule has 0 fully saturated rings. The van der Waals surface area contributed by atoms with Crippen LogP contribution < -0.4 is 5.32 Å². The van der Waals surface area contributed by atoms with Crippen molar-refractivity contribution < 1.29 is 4.79 Å². The van der Waals surface area contributed by atoms with Crippen LogP contribution in [0.15, 0.2) is 65.1 Å². The molecule has 0 unspecified atom stereocenters. The molecule has 4 rings (SSSR count). The number of hydrogen-bond acceptors (Lipinski definition) is 7. The minimum atomic E-state index is -0.124. The Morgan fingerprint density at radius 1 is 1.27 bits per heavy atom. The number of rotatable bonds is 8. The summed E-state index contributed by atoms with van der Waals surface area (Å²) in [5.74, 6) is 0.880. The quantitative estimate of drug-likeness (QED) is 0.287. The number of amides is 1. The third-order valence-electron chi connectivity index (χ3n) is 4.32. The molecule has 30 heavy (non-hydrogen) atoms. The van der Waals surface area contributed by atoms with Crippen LogP contribution in [0.3, 0.4) is 0 Å². The Morgan fingerprint density at radius 3 is 2.83 bits per heavy atom. The number of nitrogens with zero attached hydrogens (tertiary/aromatic N) is 4. The number of hydrogen-bond donors (Lipinski definition) is 1. The fourth-order valence-electron chi connectivity index (χ4n) is 3.04. The number of benzene rings is 1. The molecule has 1 aromatic carbocycles. The smallest absolute Gasteiger partial charge is 0.236 e. The van der Waals surface area contributed by atoms with Crippen molar-refractivity contribution in [3.05, 3.63) is 64.8 Å². The van der Waals surface area contributed by atoms with Crippen LogP contribution in [0.2, 0.25) is 0 Å². The van der Waals surface area contributed by atoms with Crippen LogP contribution in [0.1, 0.15) is 4.88 Å². The topological polar surface area (TPSA) is 72.7 Å². The molecule has 4 aromatic rings. The zero-order valence-corrected chi connectivity index (χ0v) is 18.7. The fourth-order valence-corrected chi connectivity index (χ4v) is 5.20. The maximum absolute atomic E-state index is 12.2. The van der Waals surface area contributed by atoms with Crippen molar-refractivity contribution in [2.45, 2.75) is 18.6 Å². The van der Waals surface area contributed by atoms with E-state index in [2.05, 4.69) is 51.5 Å². The summed E-state index contributed by atoms with van der Waals surface area (Å²) in [6, 6.07) is 10.3. The van der Waals surface area contributed by atoms with Crippen LogP contribution in [0.5, 0.6) is 0 Å². The third kappa shape index (κ3) is 4.38. The molecular weight excluding hydrogens is 434 g/mol. The summed E-state index contributed by atoms with van der Waals surface area (Å²) in [5, 5.41) is 16.8. The minimum absolute atomic E-state index is 0.124. The monoisotopic (exact) mass is 453 g/mol. The van der Waals surface area contributed by atoms with Gasteiger partial charge in [-0.25, -0.2) is 4.98 Å². The van der Waals surface area contributed by atoms with Gasteiger partial charge in [0.1, 0.15) is 0 Å². The molecule has 0 saturated heterocycles. The van der Waals surface area contributed by atoms with E-state index in [9.17, 15) is 4.79 Å². The third-order valence-corrected chi connectivity index (χ3v) is 6.88. The highest BCUT2D eigenvalue weighted by Gasteiger charge is 2.20. The van der Waals surface area contributed by atoms with Gasteiger partial charge in [0.05, 0.1) is 5.75 Å². The van der Waals surface area contributed by atoms with E-state index in [1.54, 1.807) is 17.5 Å².